The molecule has 114 valence electrons. The van der Waals surface area contributed by atoms with Crippen LogP contribution in [0, 0.1) is 12.8 Å². The zero-order valence-electron chi connectivity index (χ0n) is 12.2. The number of hydrogen-bond donors (Lipinski definition) is 1. The molecule has 1 aliphatic rings. The highest BCUT2D eigenvalue weighted by atomic mass is 32.1. The number of carboxylic acids is 1. The summed E-state index contributed by atoms with van der Waals surface area (Å²) in [5.41, 5.74) is 1.95. The Bertz CT molecular complexity index is 711. The van der Waals surface area contributed by atoms with E-state index < -0.39 is 11.9 Å². The van der Waals surface area contributed by atoms with Crippen molar-refractivity contribution < 1.29 is 14.7 Å². The molecule has 1 atom stereocenters. The first-order valence-corrected chi connectivity index (χ1v) is 7.88. The fraction of sp³-hybridized carbons (Fsp3) is 0.312. The molecule has 0 unspecified atom stereocenters. The average molecular weight is 316 g/mol. The second-order valence-corrected chi connectivity index (χ2v) is 6.49. The Hall–Kier alpha value is -2.21. The minimum atomic E-state index is -0.901. The maximum Gasteiger partial charge on any atom is 0.308 e. The first-order valence-electron chi connectivity index (χ1n) is 7.07. The van der Waals surface area contributed by atoms with Gasteiger partial charge in [-0.25, -0.2) is 4.98 Å². The number of carboxylic acid groups (broad SMARTS) is 1. The average Bonchev–Trinajstić information content (AvgIpc) is 3.05. The molecule has 0 aliphatic carbocycles. The Kier molecular flexibility index (Phi) is 3.94. The van der Waals surface area contributed by atoms with Crippen LogP contribution in [0.15, 0.2) is 30.3 Å². The number of carbonyl (C=O) groups excluding carboxylic acids is 1. The lowest BCUT2D eigenvalue weighted by Crippen LogP contribution is -2.25. The van der Waals surface area contributed by atoms with Crippen LogP contribution in [0.2, 0.25) is 0 Å². The highest BCUT2D eigenvalue weighted by molar-refractivity contribution is 7.15. The molecule has 6 heteroatoms. The summed E-state index contributed by atoms with van der Waals surface area (Å²) in [5, 5.41) is 9.96. The number of thiazole rings is 1. The van der Waals surface area contributed by atoms with E-state index in [1.54, 1.807) is 16.2 Å². The van der Waals surface area contributed by atoms with Crippen molar-refractivity contribution in [1.29, 1.82) is 0 Å². The molecule has 0 bridgehead atoms. The topological polar surface area (TPSA) is 70.5 Å². The van der Waals surface area contributed by atoms with Gasteiger partial charge in [0.1, 0.15) is 5.01 Å². The van der Waals surface area contributed by atoms with Crippen LogP contribution in [-0.2, 0) is 16.1 Å². The van der Waals surface area contributed by atoms with Crippen LogP contribution in [0.1, 0.15) is 17.0 Å². The number of rotatable bonds is 4. The molecule has 3 rings (SSSR count). The largest absolute Gasteiger partial charge is 0.481 e. The molecule has 1 aliphatic heterocycles. The van der Waals surface area contributed by atoms with E-state index in [1.807, 2.05) is 37.3 Å². The second kappa shape index (κ2) is 5.88. The summed E-state index contributed by atoms with van der Waals surface area (Å²) in [6.45, 7) is 2.65. The van der Waals surface area contributed by atoms with E-state index in [0.717, 1.165) is 21.1 Å². The quantitative estimate of drug-likeness (QED) is 0.941. The molecular formula is C16H16N2O3S. The van der Waals surface area contributed by atoms with Gasteiger partial charge in [-0.1, -0.05) is 30.3 Å². The Morgan fingerprint density at radius 3 is 2.77 bits per heavy atom. The highest BCUT2D eigenvalue weighted by Crippen LogP contribution is 2.30. The standard InChI is InChI=1S/C16H16N2O3S/c1-10-13(9-18-8-12(16(20)21)7-14(18)19)22-15(17-10)11-5-3-2-4-6-11/h2-6,12H,7-9H2,1H3,(H,20,21)/t12-/m0/s1. The third-order valence-electron chi connectivity index (χ3n) is 3.81. The van der Waals surface area contributed by atoms with Gasteiger partial charge < -0.3 is 10.0 Å². The van der Waals surface area contributed by atoms with Crippen LogP contribution in [0.5, 0.6) is 0 Å². The predicted octanol–water partition coefficient (Wildman–Crippen LogP) is 2.55. The first kappa shape index (κ1) is 14.7. The number of carbonyl (C=O) groups is 2. The molecule has 1 fully saturated rings. The zero-order chi connectivity index (χ0) is 15.7. The Morgan fingerprint density at radius 1 is 1.41 bits per heavy atom. The number of nitrogens with zero attached hydrogens (tertiary/aromatic N) is 2. The molecule has 1 amide bonds. The normalized spacial score (nSPS) is 18.0. The number of likely N-dealkylation sites (tertiary alicyclic amines) is 1. The molecule has 5 nitrogen and oxygen atoms in total. The summed E-state index contributed by atoms with van der Waals surface area (Å²) in [4.78, 5) is 30.1. The fourth-order valence-corrected chi connectivity index (χ4v) is 3.63. The zero-order valence-corrected chi connectivity index (χ0v) is 13.0. The van der Waals surface area contributed by atoms with E-state index in [2.05, 4.69) is 4.98 Å². The summed E-state index contributed by atoms with van der Waals surface area (Å²) in [6.07, 6.45) is 0.0960. The number of aromatic nitrogens is 1. The SMILES string of the molecule is Cc1nc(-c2ccccc2)sc1CN1C[C@@H](C(=O)O)CC1=O. The number of aryl methyl sites for hydroxylation is 1. The molecule has 1 aromatic carbocycles. The van der Waals surface area contributed by atoms with Crippen LogP contribution in [0.3, 0.4) is 0 Å². The van der Waals surface area contributed by atoms with Gasteiger partial charge in [0.15, 0.2) is 0 Å². The van der Waals surface area contributed by atoms with E-state index in [0.29, 0.717) is 6.54 Å². The van der Waals surface area contributed by atoms with E-state index in [9.17, 15) is 9.59 Å². The summed E-state index contributed by atoms with van der Waals surface area (Å²) in [6, 6.07) is 9.90. The van der Waals surface area contributed by atoms with Crippen LogP contribution < -0.4 is 0 Å². The van der Waals surface area contributed by atoms with Gasteiger partial charge in [0.05, 0.1) is 18.2 Å². The summed E-state index contributed by atoms with van der Waals surface area (Å²) in [7, 11) is 0. The molecular weight excluding hydrogens is 300 g/mol. The Morgan fingerprint density at radius 2 is 2.14 bits per heavy atom. The van der Waals surface area contributed by atoms with E-state index in [-0.39, 0.29) is 18.9 Å². The first-order chi connectivity index (χ1) is 10.5. The van der Waals surface area contributed by atoms with E-state index in [4.69, 9.17) is 5.11 Å². The lowest BCUT2D eigenvalue weighted by molar-refractivity contribution is -0.141. The summed E-state index contributed by atoms with van der Waals surface area (Å²) in [5.74, 6) is -1.59. The van der Waals surface area contributed by atoms with Crippen molar-refractivity contribution in [2.45, 2.75) is 19.9 Å². The Balaban J connectivity index is 1.78. The molecule has 2 heterocycles. The van der Waals surface area contributed by atoms with Gasteiger partial charge in [-0.05, 0) is 6.92 Å². The van der Waals surface area contributed by atoms with Crippen molar-refractivity contribution >= 4 is 23.2 Å². The highest BCUT2D eigenvalue weighted by Gasteiger charge is 2.34. The monoisotopic (exact) mass is 316 g/mol. The van der Waals surface area contributed by atoms with Gasteiger partial charge in [0.25, 0.3) is 0 Å². The van der Waals surface area contributed by atoms with Gasteiger partial charge >= 0.3 is 5.97 Å². The summed E-state index contributed by atoms with van der Waals surface area (Å²) < 4.78 is 0. The molecule has 0 saturated carbocycles. The minimum absolute atomic E-state index is 0.0959. The lowest BCUT2D eigenvalue weighted by Gasteiger charge is -2.14. The molecule has 22 heavy (non-hydrogen) atoms. The van der Waals surface area contributed by atoms with Gasteiger partial charge in [-0.3, -0.25) is 9.59 Å². The molecule has 0 radical (unpaired) electrons. The van der Waals surface area contributed by atoms with Crippen LogP contribution in [0.25, 0.3) is 10.6 Å². The molecule has 2 aromatic rings. The Labute approximate surface area is 132 Å². The van der Waals surface area contributed by atoms with Gasteiger partial charge in [0.2, 0.25) is 5.91 Å². The van der Waals surface area contributed by atoms with Crippen molar-refractivity contribution in [1.82, 2.24) is 9.88 Å². The third kappa shape index (κ3) is 2.87. The fourth-order valence-electron chi connectivity index (χ4n) is 2.54. The molecule has 0 spiro atoms. The van der Waals surface area contributed by atoms with Crippen LogP contribution in [-0.4, -0.2) is 33.4 Å². The third-order valence-corrected chi connectivity index (χ3v) is 5.00. The maximum atomic E-state index is 11.9. The van der Waals surface area contributed by atoms with Crippen molar-refractivity contribution in [2.75, 3.05) is 6.54 Å². The number of aliphatic carboxylic acids is 1. The van der Waals surface area contributed by atoms with Gasteiger partial charge in [-0.2, -0.15) is 0 Å². The van der Waals surface area contributed by atoms with Crippen molar-refractivity contribution in [3.8, 4) is 10.6 Å². The van der Waals surface area contributed by atoms with Crippen molar-refractivity contribution in [2.24, 2.45) is 5.92 Å². The van der Waals surface area contributed by atoms with E-state index in [1.165, 1.54) is 0 Å². The van der Waals surface area contributed by atoms with Crippen molar-refractivity contribution in [3.05, 3.63) is 40.9 Å². The lowest BCUT2D eigenvalue weighted by atomic mass is 10.1. The number of benzene rings is 1. The molecule has 1 aromatic heterocycles. The predicted molar refractivity (Wildman–Crippen MR) is 83.4 cm³/mol. The molecule has 1 saturated heterocycles. The van der Waals surface area contributed by atoms with Crippen LogP contribution in [0.4, 0.5) is 0 Å². The minimum Gasteiger partial charge on any atom is -0.481 e. The van der Waals surface area contributed by atoms with Crippen LogP contribution >= 0.6 is 11.3 Å². The second-order valence-electron chi connectivity index (χ2n) is 5.41. The molecule has 1 N–H and O–H groups in total. The number of amides is 1. The van der Waals surface area contributed by atoms with Gasteiger partial charge in [-0.15, -0.1) is 11.3 Å². The van der Waals surface area contributed by atoms with E-state index >= 15 is 0 Å². The smallest absolute Gasteiger partial charge is 0.308 e. The summed E-state index contributed by atoms with van der Waals surface area (Å²) >= 11 is 1.56. The van der Waals surface area contributed by atoms with Crippen molar-refractivity contribution in [3.63, 3.8) is 0 Å². The maximum absolute atomic E-state index is 11.9. The number of hydrogen-bond acceptors (Lipinski definition) is 4. The van der Waals surface area contributed by atoms with Gasteiger partial charge in [0, 0.05) is 23.4 Å².